The highest BCUT2D eigenvalue weighted by Gasteiger charge is 2.50. The van der Waals surface area contributed by atoms with Crippen LogP contribution in [-0.2, 0) is 10.2 Å². The Morgan fingerprint density at radius 3 is 2.48 bits per heavy atom. The smallest absolute Gasteiger partial charge is 0.231 e. The first-order valence-corrected chi connectivity index (χ1v) is 12.5. The molecule has 2 saturated heterocycles. The van der Waals surface area contributed by atoms with E-state index in [1.54, 1.807) is 0 Å². The Labute approximate surface area is 195 Å². The molecule has 0 bridgehead atoms. The van der Waals surface area contributed by atoms with Crippen LogP contribution in [0.4, 0.5) is 5.69 Å². The maximum atomic E-state index is 6.26. The van der Waals surface area contributed by atoms with Gasteiger partial charge in [-0.25, -0.2) is 0 Å². The number of hydrogen-bond acceptors (Lipinski definition) is 6. The lowest BCUT2D eigenvalue weighted by Gasteiger charge is -2.40. The molecule has 7 rings (SSSR count). The Morgan fingerprint density at radius 1 is 0.848 bits per heavy atom. The number of piperidine rings is 1. The van der Waals surface area contributed by atoms with Crippen LogP contribution in [0.3, 0.4) is 0 Å². The van der Waals surface area contributed by atoms with E-state index in [-0.39, 0.29) is 5.41 Å². The number of hydrogen-bond donors (Lipinski definition) is 0. The average molecular weight is 449 g/mol. The van der Waals surface area contributed by atoms with Gasteiger partial charge >= 0.3 is 0 Å². The molecule has 33 heavy (non-hydrogen) atoms. The number of benzene rings is 2. The molecule has 1 spiro atoms. The molecule has 5 aliphatic rings. The fraction of sp³-hybridized carbons (Fsp3) is 0.556. The van der Waals surface area contributed by atoms with Crippen molar-refractivity contribution in [2.45, 2.75) is 37.1 Å². The number of rotatable bonds is 3. The molecule has 1 atom stereocenters. The van der Waals surface area contributed by atoms with Crippen molar-refractivity contribution in [3.05, 3.63) is 47.5 Å². The zero-order chi connectivity index (χ0) is 21.8. The van der Waals surface area contributed by atoms with Gasteiger partial charge in [0.15, 0.2) is 11.5 Å². The van der Waals surface area contributed by atoms with Gasteiger partial charge in [-0.1, -0.05) is 18.2 Å². The van der Waals surface area contributed by atoms with Crippen molar-refractivity contribution in [1.29, 1.82) is 0 Å². The summed E-state index contributed by atoms with van der Waals surface area (Å²) >= 11 is 0. The first kappa shape index (κ1) is 20.0. The normalized spacial score (nSPS) is 27.1. The van der Waals surface area contributed by atoms with Gasteiger partial charge in [0.05, 0.1) is 5.41 Å². The highest BCUT2D eigenvalue weighted by molar-refractivity contribution is 5.70. The highest BCUT2D eigenvalue weighted by atomic mass is 16.7. The van der Waals surface area contributed by atoms with Crippen molar-refractivity contribution in [3.8, 4) is 17.2 Å². The van der Waals surface area contributed by atoms with Crippen LogP contribution in [0.5, 0.6) is 17.2 Å². The summed E-state index contributed by atoms with van der Waals surface area (Å²) in [7, 11) is 0. The monoisotopic (exact) mass is 448 g/mol. The van der Waals surface area contributed by atoms with Gasteiger partial charge in [0.25, 0.3) is 0 Å². The van der Waals surface area contributed by atoms with Crippen molar-refractivity contribution in [3.63, 3.8) is 0 Å². The molecule has 2 fully saturated rings. The minimum atomic E-state index is -0.129. The van der Waals surface area contributed by atoms with Crippen LogP contribution in [0.25, 0.3) is 0 Å². The fourth-order valence-corrected chi connectivity index (χ4v) is 6.72. The third-order valence-corrected chi connectivity index (χ3v) is 8.52. The zero-order valence-electron chi connectivity index (χ0n) is 19.1. The van der Waals surface area contributed by atoms with Crippen molar-refractivity contribution in [2.75, 3.05) is 57.7 Å². The molecule has 0 radical (unpaired) electrons. The van der Waals surface area contributed by atoms with E-state index in [0.29, 0.717) is 13.4 Å². The summed E-state index contributed by atoms with van der Waals surface area (Å²) < 4.78 is 23.1. The number of anilines is 1. The van der Waals surface area contributed by atoms with Crippen molar-refractivity contribution in [2.24, 2.45) is 5.92 Å². The highest BCUT2D eigenvalue weighted by Crippen LogP contribution is 2.54. The summed E-state index contributed by atoms with van der Waals surface area (Å²) in [5, 5.41) is 0. The molecule has 0 aromatic heterocycles. The van der Waals surface area contributed by atoms with Gasteiger partial charge < -0.3 is 28.7 Å². The van der Waals surface area contributed by atoms with E-state index in [9.17, 15) is 0 Å². The van der Waals surface area contributed by atoms with E-state index >= 15 is 0 Å². The SMILES string of the molecule is c1ccc2c(c1)N(CC1CCN(C3CCOCC3)CC1)CC21COc2cc3c(cc21)OCO3. The third kappa shape index (κ3) is 3.22. The fourth-order valence-electron chi connectivity index (χ4n) is 6.72. The van der Waals surface area contributed by atoms with Crippen LogP contribution >= 0.6 is 0 Å². The predicted molar refractivity (Wildman–Crippen MR) is 126 cm³/mol. The van der Waals surface area contributed by atoms with Gasteiger partial charge in [-0.2, -0.15) is 0 Å². The number of para-hydroxylation sites is 1. The second-order valence-corrected chi connectivity index (χ2v) is 10.3. The Morgan fingerprint density at radius 2 is 1.64 bits per heavy atom. The number of likely N-dealkylation sites (tertiary alicyclic amines) is 1. The second-order valence-electron chi connectivity index (χ2n) is 10.3. The molecule has 6 heteroatoms. The quantitative estimate of drug-likeness (QED) is 0.712. The molecular formula is C27H32N2O4. The minimum Gasteiger partial charge on any atom is -0.492 e. The molecule has 1 unspecified atom stereocenters. The van der Waals surface area contributed by atoms with Crippen LogP contribution in [0, 0.1) is 5.92 Å². The largest absolute Gasteiger partial charge is 0.492 e. The molecule has 2 aromatic rings. The van der Waals surface area contributed by atoms with Crippen molar-refractivity contribution < 1.29 is 18.9 Å². The lowest BCUT2D eigenvalue weighted by Crippen LogP contribution is -2.46. The van der Waals surface area contributed by atoms with E-state index in [0.717, 1.165) is 55.5 Å². The molecule has 5 aliphatic heterocycles. The molecule has 0 saturated carbocycles. The van der Waals surface area contributed by atoms with Gasteiger partial charge in [-0.15, -0.1) is 0 Å². The van der Waals surface area contributed by atoms with Crippen molar-refractivity contribution >= 4 is 5.69 Å². The van der Waals surface area contributed by atoms with Crippen LogP contribution in [-0.4, -0.2) is 63.7 Å². The minimum absolute atomic E-state index is 0.129. The van der Waals surface area contributed by atoms with E-state index in [1.807, 2.05) is 6.07 Å². The number of nitrogens with zero attached hydrogens (tertiary/aromatic N) is 2. The van der Waals surface area contributed by atoms with E-state index in [2.05, 4.69) is 40.1 Å². The van der Waals surface area contributed by atoms with E-state index < -0.39 is 0 Å². The summed E-state index contributed by atoms with van der Waals surface area (Å²) in [6, 6.07) is 13.9. The Kier molecular flexibility index (Phi) is 4.73. The maximum absolute atomic E-state index is 6.26. The van der Waals surface area contributed by atoms with Gasteiger partial charge in [0, 0.05) is 49.7 Å². The van der Waals surface area contributed by atoms with Gasteiger partial charge in [-0.3, -0.25) is 0 Å². The Balaban J connectivity index is 1.11. The van der Waals surface area contributed by atoms with Crippen LogP contribution in [0.15, 0.2) is 36.4 Å². The molecule has 0 amide bonds. The summed E-state index contributed by atoms with van der Waals surface area (Å²) in [5.41, 5.74) is 3.88. The Hall–Kier alpha value is -2.44. The van der Waals surface area contributed by atoms with Gasteiger partial charge in [0.2, 0.25) is 6.79 Å². The maximum Gasteiger partial charge on any atom is 0.231 e. The summed E-state index contributed by atoms with van der Waals surface area (Å²) in [4.78, 5) is 5.36. The van der Waals surface area contributed by atoms with E-state index in [4.69, 9.17) is 18.9 Å². The molecule has 0 N–H and O–H groups in total. The average Bonchev–Trinajstić information content (AvgIpc) is 3.56. The topological polar surface area (TPSA) is 43.4 Å². The predicted octanol–water partition coefficient (Wildman–Crippen LogP) is 3.80. The molecule has 174 valence electrons. The Bertz CT molecular complexity index is 1040. The van der Waals surface area contributed by atoms with Crippen LogP contribution < -0.4 is 19.1 Å². The van der Waals surface area contributed by atoms with Gasteiger partial charge in [-0.05, 0) is 62.4 Å². The van der Waals surface area contributed by atoms with Gasteiger partial charge in [0.1, 0.15) is 12.4 Å². The lowest BCUT2D eigenvalue weighted by atomic mass is 9.77. The summed E-state index contributed by atoms with van der Waals surface area (Å²) in [5.74, 6) is 3.32. The first-order chi connectivity index (χ1) is 16.3. The number of ether oxygens (including phenoxy) is 4. The molecule has 6 nitrogen and oxygen atoms in total. The molecular weight excluding hydrogens is 416 g/mol. The van der Waals surface area contributed by atoms with Crippen LogP contribution in [0.1, 0.15) is 36.8 Å². The number of fused-ring (bicyclic) bond motifs is 5. The second kappa shape index (κ2) is 7.81. The van der Waals surface area contributed by atoms with Crippen LogP contribution in [0.2, 0.25) is 0 Å². The first-order valence-electron chi connectivity index (χ1n) is 12.5. The van der Waals surface area contributed by atoms with E-state index in [1.165, 1.54) is 55.6 Å². The zero-order valence-corrected chi connectivity index (χ0v) is 19.1. The summed E-state index contributed by atoms with van der Waals surface area (Å²) in [6.45, 7) is 7.39. The lowest BCUT2D eigenvalue weighted by molar-refractivity contribution is 0.0215. The molecule has 2 aromatic carbocycles. The molecule has 5 heterocycles. The standard InChI is InChI=1S/C27H32N2O4/c1-2-4-23-21(3-1)27(17-31-24-14-26-25(13-22(24)27)32-18-33-26)16-29(23)15-19-5-9-28(10-6-19)20-7-11-30-12-8-20/h1-4,13-14,19-20H,5-12,15-18H2. The molecule has 0 aliphatic carbocycles. The third-order valence-electron chi connectivity index (χ3n) is 8.52. The van der Waals surface area contributed by atoms with Crippen molar-refractivity contribution in [1.82, 2.24) is 4.90 Å². The summed E-state index contributed by atoms with van der Waals surface area (Å²) in [6.07, 6.45) is 4.97.